The maximum atomic E-state index is 12.1. The minimum atomic E-state index is -0.935. The van der Waals surface area contributed by atoms with Crippen LogP contribution >= 0.6 is 15.9 Å². The number of carbonyl (C=O) groups is 2. The number of rotatable bonds is 5. The molecule has 1 aliphatic carbocycles. The summed E-state index contributed by atoms with van der Waals surface area (Å²) in [5, 5.41) is 21.2. The van der Waals surface area contributed by atoms with Crippen molar-refractivity contribution in [2.45, 2.75) is 25.3 Å². The van der Waals surface area contributed by atoms with Gasteiger partial charge in [-0.3, -0.25) is 9.59 Å². The molecule has 2 rings (SSSR count). The van der Waals surface area contributed by atoms with Crippen LogP contribution in [0.25, 0.3) is 0 Å². The molecule has 0 bridgehead atoms. The molecule has 0 heterocycles. The SMILES string of the molecule is O=C(O)CC(NC(=O)c1cc(Br)ccc1O)C1CC1. The molecule has 1 aliphatic rings. The fraction of sp³-hybridized carbons (Fsp3) is 0.385. The van der Waals surface area contributed by atoms with E-state index < -0.39 is 11.9 Å². The number of phenols is 1. The molecule has 0 saturated heterocycles. The second-order valence-electron chi connectivity index (χ2n) is 4.68. The summed E-state index contributed by atoms with van der Waals surface area (Å²) in [5.74, 6) is -1.27. The van der Waals surface area contributed by atoms with Crippen LogP contribution in [0, 0.1) is 5.92 Å². The summed E-state index contributed by atoms with van der Waals surface area (Å²) in [6.45, 7) is 0. The van der Waals surface area contributed by atoms with Gasteiger partial charge in [0.2, 0.25) is 0 Å². The van der Waals surface area contributed by atoms with Crippen molar-refractivity contribution in [3.8, 4) is 5.75 Å². The van der Waals surface area contributed by atoms with Crippen LogP contribution in [-0.2, 0) is 4.79 Å². The van der Waals surface area contributed by atoms with E-state index in [-0.39, 0.29) is 29.7 Å². The largest absolute Gasteiger partial charge is 0.507 e. The second kappa shape index (κ2) is 5.61. The molecule has 1 aromatic carbocycles. The Hall–Kier alpha value is -1.56. The zero-order chi connectivity index (χ0) is 14.0. The Bertz CT molecular complexity index is 513. The molecule has 0 aromatic heterocycles. The number of phenolic OH excluding ortho intramolecular Hbond substituents is 1. The number of carboxylic acid groups (broad SMARTS) is 1. The Morgan fingerprint density at radius 2 is 2.11 bits per heavy atom. The molecule has 1 saturated carbocycles. The molecule has 0 radical (unpaired) electrons. The fourth-order valence-corrected chi connectivity index (χ4v) is 2.32. The standard InChI is InChI=1S/C13H14BrNO4/c14-8-3-4-11(16)9(5-8)13(19)15-10(6-12(17)18)7-1-2-7/h3-5,7,10,16H,1-2,6H2,(H,15,19)(H,17,18). The smallest absolute Gasteiger partial charge is 0.305 e. The number of carbonyl (C=O) groups excluding carboxylic acids is 1. The molecule has 19 heavy (non-hydrogen) atoms. The summed E-state index contributed by atoms with van der Waals surface area (Å²) in [6, 6.07) is 4.18. The first-order valence-electron chi connectivity index (χ1n) is 5.98. The van der Waals surface area contributed by atoms with Gasteiger partial charge < -0.3 is 15.5 Å². The molecular weight excluding hydrogens is 314 g/mol. The van der Waals surface area contributed by atoms with Crippen molar-refractivity contribution in [2.24, 2.45) is 5.92 Å². The highest BCUT2D eigenvalue weighted by Crippen LogP contribution is 2.34. The first-order valence-corrected chi connectivity index (χ1v) is 6.78. The van der Waals surface area contributed by atoms with E-state index in [2.05, 4.69) is 21.2 Å². The molecule has 1 amide bonds. The fourth-order valence-electron chi connectivity index (χ4n) is 1.96. The number of carboxylic acids is 1. The molecule has 1 aromatic rings. The van der Waals surface area contributed by atoms with Gasteiger partial charge in [0.1, 0.15) is 5.75 Å². The Morgan fingerprint density at radius 1 is 1.42 bits per heavy atom. The number of amides is 1. The van der Waals surface area contributed by atoms with Gasteiger partial charge in [0.05, 0.1) is 12.0 Å². The van der Waals surface area contributed by atoms with Gasteiger partial charge in [0, 0.05) is 10.5 Å². The number of benzene rings is 1. The topological polar surface area (TPSA) is 86.6 Å². The van der Waals surface area contributed by atoms with Crippen LogP contribution in [-0.4, -0.2) is 28.1 Å². The molecular formula is C13H14BrNO4. The van der Waals surface area contributed by atoms with E-state index in [1.54, 1.807) is 6.07 Å². The van der Waals surface area contributed by atoms with Gasteiger partial charge in [-0.15, -0.1) is 0 Å². The van der Waals surface area contributed by atoms with Gasteiger partial charge >= 0.3 is 5.97 Å². The van der Waals surface area contributed by atoms with Gasteiger partial charge in [0.15, 0.2) is 0 Å². The van der Waals surface area contributed by atoms with Crippen LogP contribution in [0.15, 0.2) is 22.7 Å². The van der Waals surface area contributed by atoms with Crippen LogP contribution in [0.2, 0.25) is 0 Å². The van der Waals surface area contributed by atoms with Crippen molar-refractivity contribution < 1.29 is 19.8 Å². The van der Waals surface area contributed by atoms with Gasteiger partial charge in [-0.2, -0.15) is 0 Å². The van der Waals surface area contributed by atoms with Crippen molar-refractivity contribution >= 4 is 27.8 Å². The second-order valence-corrected chi connectivity index (χ2v) is 5.59. The quantitative estimate of drug-likeness (QED) is 0.773. The molecule has 6 heteroatoms. The molecule has 1 atom stereocenters. The lowest BCUT2D eigenvalue weighted by molar-refractivity contribution is -0.137. The number of aromatic hydroxyl groups is 1. The van der Waals surface area contributed by atoms with Crippen LogP contribution in [0.4, 0.5) is 0 Å². The molecule has 0 aliphatic heterocycles. The summed E-state index contributed by atoms with van der Waals surface area (Å²) < 4.78 is 0.677. The monoisotopic (exact) mass is 327 g/mol. The van der Waals surface area contributed by atoms with Crippen LogP contribution in [0.5, 0.6) is 5.75 Å². The molecule has 1 unspecified atom stereocenters. The third kappa shape index (κ3) is 3.70. The minimum absolute atomic E-state index is 0.0921. The van der Waals surface area contributed by atoms with Crippen molar-refractivity contribution in [3.05, 3.63) is 28.2 Å². The minimum Gasteiger partial charge on any atom is -0.507 e. The molecule has 5 nitrogen and oxygen atoms in total. The van der Waals surface area contributed by atoms with Crippen LogP contribution in [0.3, 0.4) is 0 Å². The zero-order valence-corrected chi connectivity index (χ0v) is 11.7. The van der Waals surface area contributed by atoms with E-state index in [0.29, 0.717) is 4.47 Å². The highest BCUT2D eigenvalue weighted by atomic mass is 79.9. The van der Waals surface area contributed by atoms with Gasteiger partial charge in [-0.1, -0.05) is 15.9 Å². The lowest BCUT2D eigenvalue weighted by atomic mass is 10.1. The van der Waals surface area contributed by atoms with Crippen molar-refractivity contribution in [1.82, 2.24) is 5.32 Å². The van der Waals surface area contributed by atoms with Crippen LogP contribution < -0.4 is 5.32 Å². The van der Waals surface area contributed by atoms with E-state index in [9.17, 15) is 14.7 Å². The van der Waals surface area contributed by atoms with Crippen molar-refractivity contribution in [2.75, 3.05) is 0 Å². The zero-order valence-electron chi connectivity index (χ0n) is 10.1. The van der Waals surface area contributed by atoms with E-state index >= 15 is 0 Å². The van der Waals surface area contributed by atoms with E-state index in [1.807, 2.05) is 0 Å². The Morgan fingerprint density at radius 3 is 2.68 bits per heavy atom. The summed E-state index contributed by atoms with van der Waals surface area (Å²) in [5.41, 5.74) is 0.144. The Labute approximate surface area is 118 Å². The average molecular weight is 328 g/mol. The lowest BCUT2D eigenvalue weighted by Gasteiger charge is -2.16. The lowest BCUT2D eigenvalue weighted by Crippen LogP contribution is -2.38. The summed E-state index contributed by atoms with van der Waals surface area (Å²) >= 11 is 3.23. The summed E-state index contributed by atoms with van der Waals surface area (Å²) in [4.78, 5) is 22.8. The number of hydrogen-bond donors (Lipinski definition) is 3. The van der Waals surface area contributed by atoms with Gasteiger partial charge in [-0.05, 0) is 37.0 Å². The van der Waals surface area contributed by atoms with E-state index in [4.69, 9.17) is 5.11 Å². The van der Waals surface area contributed by atoms with Gasteiger partial charge in [0.25, 0.3) is 5.91 Å². The Kier molecular flexibility index (Phi) is 4.09. The van der Waals surface area contributed by atoms with Crippen LogP contribution in [0.1, 0.15) is 29.6 Å². The van der Waals surface area contributed by atoms with Crippen molar-refractivity contribution in [1.29, 1.82) is 0 Å². The highest BCUT2D eigenvalue weighted by molar-refractivity contribution is 9.10. The molecule has 1 fully saturated rings. The predicted molar refractivity (Wildman–Crippen MR) is 72.0 cm³/mol. The van der Waals surface area contributed by atoms with Crippen molar-refractivity contribution in [3.63, 3.8) is 0 Å². The predicted octanol–water partition coefficient (Wildman–Crippen LogP) is 2.14. The molecule has 3 N–H and O–H groups in total. The maximum Gasteiger partial charge on any atom is 0.305 e. The molecule has 0 spiro atoms. The summed E-state index contributed by atoms with van der Waals surface area (Å²) in [7, 11) is 0. The van der Waals surface area contributed by atoms with E-state index in [0.717, 1.165) is 12.8 Å². The normalized spacial score (nSPS) is 15.8. The average Bonchev–Trinajstić information content (AvgIpc) is 3.14. The highest BCUT2D eigenvalue weighted by Gasteiger charge is 2.34. The third-order valence-corrected chi connectivity index (χ3v) is 3.60. The van der Waals surface area contributed by atoms with E-state index in [1.165, 1.54) is 12.1 Å². The number of aliphatic carboxylic acids is 1. The first-order chi connectivity index (χ1) is 8.97. The summed E-state index contributed by atoms with van der Waals surface area (Å²) in [6.07, 6.45) is 1.77. The third-order valence-electron chi connectivity index (χ3n) is 3.11. The van der Waals surface area contributed by atoms with Gasteiger partial charge in [-0.25, -0.2) is 0 Å². The first kappa shape index (κ1) is 13.9. The number of nitrogens with one attached hydrogen (secondary N) is 1. The molecule has 102 valence electrons. The Balaban J connectivity index is 2.10. The number of hydrogen-bond acceptors (Lipinski definition) is 3. The maximum absolute atomic E-state index is 12.1. The number of halogens is 1.